The van der Waals surface area contributed by atoms with Gasteiger partial charge in [0.1, 0.15) is 6.33 Å². The van der Waals surface area contributed by atoms with Gasteiger partial charge < -0.3 is 0 Å². The number of hydrogen-bond acceptors (Lipinski definition) is 3. The summed E-state index contributed by atoms with van der Waals surface area (Å²) >= 11 is 0. The summed E-state index contributed by atoms with van der Waals surface area (Å²) in [7, 11) is 0. The van der Waals surface area contributed by atoms with Crippen molar-refractivity contribution in [1.29, 1.82) is 0 Å². The highest BCUT2D eigenvalue weighted by molar-refractivity contribution is 5.34. The zero-order valence-electron chi connectivity index (χ0n) is 6.23. The first kappa shape index (κ1) is 6.27. The largest absolute Gasteiger partial charge is 0.239 e. The average molecular weight is 148 g/mol. The average Bonchev–Trinajstić information content (AvgIpc) is 2.47. The molecule has 56 valence electrons. The molecule has 0 aliphatic carbocycles. The lowest BCUT2D eigenvalue weighted by Gasteiger charge is -1.92. The maximum Gasteiger partial charge on any atom is 0.172 e. The van der Waals surface area contributed by atoms with Crippen LogP contribution in [-0.4, -0.2) is 19.6 Å². The standard InChI is InChI=1S/C7H8N4/c1-2-6-3-9-7-4-8-5-10-11(6)7/h3-5H,2H2,1H3. The van der Waals surface area contributed by atoms with Crippen LogP contribution in [0.3, 0.4) is 0 Å². The number of imidazole rings is 1. The molecular weight excluding hydrogens is 140 g/mol. The smallest absolute Gasteiger partial charge is 0.172 e. The Kier molecular flexibility index (Phi) is 1.31. The van der Waals surface area contributed by atoms with Crippen molar-refractivity contribution in [2.45, 2.75) is 13.3 Å². The van der Waals surface area contributed by atoms with Crippen LogP contribution in [-0.2, 0) is 6.42 Å². The maximum absolute atomic E-state index is 4.13. The van der Waals surface area contributed by atoms with Crippen molar-refractivity contribution in [2.24, 2.45) is 0 Å². The third-order valence-corrected chi connectivity index (χ3v) is 1.62. The van der Waals surface area contributed by atoms with E-state index in [0.717, 1.165) is 17.8 Å². The predicted molar refractivity (Wildman–Crippen MR) is 40.2 cm³/mol. The van der Waals surface area contributed by atoms with Crippen molar-refractivity contribution in [2.75, 3.05) is 0 Å². The molecule has 0 aliphatic heterocycles. The summed E-state index contributed by atoms with van der Waals surface area (Å²) in [4.78, 5) is 7.99. The molecule has 0 unspecified atom stereocenters. The number of fused-ring (bicyclic) bond motifs is 1. The lowest BCUT2D eigenvalue weighted by atomic mass is 10.4. The summed E-state index contributed by atoms with van der Waals surface area (Å²) in [6.07, 6.45) is 5.99. The molecule has 2 heterocycles. The number of nitrogens with zero attached hydrogens (tertiary/aromatic N) is 4. The first-order chi connectivity index (χ1) is 5.42. The number of rotatable bonds is 1. The molecule has 0 atom stereocenters. The van der Waals surface area contributed by atoms with Crippen LogP contribution < -0.4 is 0 Å². The van der Waals surface area contributed by atoms with Crippen molar-refractivity contribution in [3.05, 3.63) is 24.4 Å². The van der Waals surface area contributed by atoms with E-state index in [0.29, 0.717) is 0 Å². The maximum atomic E-state index is 4.13. The van der Waals surface area contributed by atoms with Crippen LogP contribution >= 0.6 is 0 Å². The summed E-state index contributed by atoms with van der Waals surface area (Å²) in [5.74, 6) is 0. The zero-order valence-corrected chi connectivity index (χ0v) is 6.23. The van der Waals surface area contributed by atoms with Crippen molar-refractivity contribution in [1.82, 2.24) is 19.6 Å². The molecule has 2 rings (SSSR count). The van der Waals surface area contributed by atoms with E-state index in [4.69, 9.17) is 0 Å². The highest BCUT2D eigenvalue weighted by Gasteiger charge is 1.99. The molecule has 0 spiro atoms. The fourth-order valence-corrected chi connectivity index (χ4v) is 1.04. The van der Waals surface area contributed by atoms with E-state index in [1.807, 2.05) is 6.20 Å². The Morgan fingerprint density at radius 3 is 3.18 bits per heavy atom. The van der Waals surface area contributed by atoms with Crippen LogP contribution in [0, 0.1) is 0 Å². The minimum Gasteiger partial charge on any atom is -0.239 e. The summed E-state index contributed by atoms with van der Waals surface area (Å²) in [5, 5.41) is 4.06. The summed E-state index contributed by atoms with van der Waals surface area (Å²) in [6, 6.07) is 0. The van der Waals surface area contributed by atoms with Crippen LogP contribution in [0.2, 0.25) is 0 Å². The second-order valence-electron chi connectivity index (χ2n) is 2.28. The lowest BCUT2D eigenvalue weighted by Crippen LogP contribution is -1.95. The zero-order chi connectivity index (χ0) is 7.68. The van der Waals surface area contributed by atoms with E-state index in [1.165, 1.54) is 6.33 Å². The Morgan fingerprint density at radius 1 is 1.45 bits per heavy atom. The second kappa shape index (κ2) is 2.30. The molecule has 0 bridgehead atoms. The molecule has 2 aromatic rings. The van der Waals surface area contributed by atoms with Gasteiger partial charge in [-0.25, -0.2) is 14.5 Å². The van der Waals surface area contributed by atoms with Gasteiger partial charge in [-0.15, -0.1) is 0 Å². The third kappa shape index (κ3) is 0.869. The summed E-state index contributed by atoms with van der Waals surface area (Å²) < 4.78 is 1.80. The Labute approximate surface area is 63.9 Å². The van der Waals surface area contributed by atoms with Crippen LogP contribution in [0.5, 0.6) is 0 Å². The van der Waals surface area contributed by atoms with E-state index >= 15 is 0 Å². The molecule has 2 aromatic heterocycles. The van der Waals surface area contributed by atoms with E-state index in [2.05, 4.69) is 22.0 Å². The molecule has 0 aliphatic rings. The van der Waals surface area contributed by atoms with Crippen LogP contribution in [0.25, 0.3) is 5.65 Å². The van der Waals surface area contributed by atoms with Gasteiger partial charge >= 0.3 is 0 Å². The molecule has 0 saturated carbocycles. The number of aryl methyl sites for hydroxylation is 1. The highest BCUT2D eigenvalue weighted by atomic mass is 15.3. The predicted octanol–water partition coefficient (Wildman–Crippen LogP) is 0.687. The van der Waals surface area contributed by atoms with Gasteiger partial charge in [-0.2, -0.15) is 5.10 Å². The quantitative estimate of drug-likeness (QED) is 0.597. The normalized spacial score (nSPS) is 10.6. The van der Waals surface area contributed by atoms with E-state index in [1.54, 1.807) is 10.7 Å². The Balaban J connectivity index is 2.76. The van der Waals surface area contributed by atoms with Gasteiger partial charge in [-0.1, -0.05) is 6.92 Å². The van der Waals surface area contributed by atoms with E-state index in [-0.39, 0.29) is 0 Å². The van der Waals surface area contributed by atoms with Gasteiger partial charge in [-0.3, -0.25) is 0 Å². The Morgan fingerprint density at radius 2 is 2.36 bits per heavy atom. The van der Waals surface area contributed by atoms with Crippen molar-refractivity contribution in [3.8, 4) is 0 Å². The van der Waals surface area contributed by atoms with Crippen molar-refractivity contribution in [3.63, 3.8) is 0 Å². The monoisotopic (exact) mass is 148 g/mol. The molecule has 0 amide bonds. The molecule has 11 heavy (non-hydrogen) atoms. The fourth-order valence-electron chi connectivity index (χ4n) is 1.04. The molecule has 4 nitrogen and oxygen atoms in total. The third-order valence-electron chi connectivity index (χ3n) is 1.62. The van der Waals surface area contributed by atoms with Crippen molar-refractivity contribution >= 4 is 5.65 Å². The molecule has 0 saturated heterocycles. The highest BCUT2D eigenvalue weighted by Crippen LogP contribution is 2.01. The van der Waals surface area contributed by atoms with Gasteiger partial charge in [-0.05, 0) is 6.42 Å². The topological polar surface area (TPSA) is 43.1 Å². The van der Waals surface area contributed by atoms with E-state index in [9.17, 15) is 0 Å². The number of hydrogen-bond donors (Lipinski definition) is 0. The SMILES string of the molecule is CCc1cnc2cncnn12. The van der Waals surface area contributed by atoms with Gasteiger partial charge in [0.25, 0.3) is 0 Å². The van der Waals surface area contributed by atoms with Crippen LogP contribution in [0.15, 0.2) is 18.7 Å². The van der Waals surface area contributed by atoms with Gasteiger partial charge in [0.15, 0.2) is 5.65 Å². The van der Waals surface area contributed by atoms with Crippen LogP contribution in [0.1, 0.15) is 12.6 Å². The molecule has 0 radical (unpaired) electrons. The first-order valence-electron chi connectivity index (χ1n) is 3.54. The summed E-state index contributed by atoms with van der Waals surface area (Å²) in [5.41, 5.74) is 1.92. The van der Waals surface area contributed by atoms with E-state index < -0.39 is 0 Å². The fraction of sp³-hybridized carbons (Fsp3) is 0.286. The minimum atomic E-state index is 0.810. The number of aromatic nitrogens is 4. The van der Waals surface area contributed by atoms with Gasteiger partial charge in [0, 0.05) is 0 Å². The second-order valence-corrected chi connectivity index (χ2v) is 2.28. The molecular formula is C7H8N4. The lowest BCUT2D eigenvalue weighted by molar-refractivity contribution is 0.836. The van der Waals surface area contributed by atoms with Gasteiger partial charge in [0.05, 0.1) is 18.1 Å². The Hall–Kier alpha value is -1.45. The molecule has 0 aromatic carbocycles. The molecule has 0 N–H and O–H groups in total. The molecule has 0 fully saturated rings. The molecule has 4 heteroatoms. The first-order valence-corrected chi connectivity index (χ1v) is 3.54. The Bertz CT molecular complexity index is 365. The minimum absolute atomic E-state index is 0.810. The van der Waals surface area contributed by atoms with Crippen LogP contribution in [0.4, 0.5) is 0 Å². The summed E-state index contributed by atoms with van der Waals surface area (Å²) in [6.45, 7) is 2.07. The van der Waals surface area contributed by atoms with Crippen molar-refractivity contribution < 1.29 is 0 Å². The van der Waals surface area contributed by atoms with Gasteiger partial charge in [0.2, 0.25) is 0 Å².